The molecule has 3 aliphatic heterocycles. The van der Waals surface area contributed by atoms with Crippen LogP contribution >= 0.6 is 0 Å². The number of carbonyl (C=O) groups excluding carboxylic acids is 3. The third kappa shape index (κ3) is 30.8. The average Bonchev–Trinajstić information content (AvgIpc) is 3.17. The highest BCUT2D eigenvalue weighted by Gasteiger charge is 2.21. The topological polar surface area (TPSA) is 77.1 Å². The van der Waals surface area contributed by atoms with Gasteiger partial charge in [-0.25, -0.2) is 0 Å². The summed E-state index contributed by atoms with van der Waals surface area (Å²) in [5.41, 5.74) is 0. The van der Waals surface area contributed by atoms with Gasteiger partial charge in [0.05, 0.1) is 0 Å². The molecule has 0 bridgehead atoms. The minimum absolute atomic E-state index is 0.123. The van der Waals surface area contributed by atoms with Gasteiger partial charge in [0.25, 0.3) is 0 Å². The van der Waals surface area contributed by atoms with E-state index in [9.17, 15) is 14.4 Å². The van der Waals surface area contributed by atoms with Crippen molar-refractivity contribution in [2.75, 3.05) is 115 Å². The number of likely N-dealkylation sites (N-methyl/N-ethyl adjacent to an activating group) is 2. The van der Waals surface area contributed by atoms with Gasteiger partial charge in [0, 0.05) is 116 Å². The number of rotatable bonds is 9. The molecule has 3 aliphatic rings. The summed E-state index contributed by atoms with van der Waals surface area (Å²) in [4.78, 5) is 50.7. The van der Waals surface area contributed by atoms with Gasteiger partial charge in [0.2, 0.25) is 17.7 Å². The lowest BCUT2D eigenvalue weighted by Crippen LogP contribution is -2.48. The summed E-state index contributed by atoms with van der Waals surface area (Å²) in [5, 5.41) is 0. The van der Waals surface area contributed by atoms with Gasteiger partial charge in [-0.15, -0.1) is 12.3 Å². The summed E-state index contributed by atoms with van der Waals surface area (Å²) in [6, 6.07) is 2.01. The number of terminal acetylenes is 1. The van der Waals surface area contributed by atoms with E-state index < -0.39 is 0 Å². The molecule has 0 unspecified atom stereocenters. The van der Waals surface area contributed by atoms with Gasteiger partial charge in [-0.05, 0) is 128 Å². The zero-order valence-electron chi connectivity index (χ0n) is 42.0. The molecular weight excluding hydrogens is 725 g/mol. The number of nitrogens with zero attached hydrogens (tertiary/aromatic N) is 8. The predicted octanol–water partition coefficient (Wildman–Crippen LogP) is 6.53. The van der Waals surface area contributed by atoms with Crippen molar-refractivity contribution in [3.63, 3.8) is 0 Å². The standard InChI is InChI=1S/C9H18N2O.C9H15NO.C9H19N.C8H18N2.C7H15NO.C5H13N/c1-8(2)9(12)11-6-4-10(3)5-7-11;1-5-6-7-9(11)10(4)8(2)3;1-8(2)9-4-6-10(3)7-5-9;1-8(2)10-6-4-9(3)5-7-10;1-5-7(9)8(4)6(2)3;1-5(2)6(3)4/h8H,4-7H2,1-3H3;1,8H,6-7H2,2-4H3;8-9H,4-7H2,1-3H3;8H,4-7H2,1-3H3;6H,5H2,1-4H3;5H,1-4H3. The minimum Gasteiger partial charge on any atom is -0.343 e. The van der Waals surface area contributed by atoms with E-state index in [4.69, 9.17) is 6.42 Å². The van der Waals surface area contributed by atoms with Crippen molar-refractivity contribution < 1.29 is 14.4 Å². The van der Waals surface area contributed by atoms with E-state index in [1.54, 1.807) is 16.8 Å². The molecule has 0 aromatic rings. The van der Waals surface area contributed by atoms with E-state index in [0.717, 1.165) is 44.1 Å². The summed E-state index contributed by atoms with van der Waals surface area (Å²) >= 11 is 0. The molecule has 0 aliphatic carbocycles. The molecule has 0 atom stereocenters. The fraction of sp³-hybridized carbons (Fsp3) is 0.894. The molecule has 3 saturated heterocycles. The number of piperazine rings is 2. The summed E-state index contributed by atoms with van der Waals surface area (Å²) in [6.07, 6.45) is 9.46. The maximum absolute atomic E-state index is 11.5. The maximum atomic E-state index is 11.5. The number of hydrogen-bond donors (Lipinski definition) is 0. The Morgan fingerprint density at radius 1 is 0.603 bits per heavy atom. The Morgan fingerprint density at radius 2 is 0.983 bits per heavy atom. The van der Waals surface area contributed by atoms with Gasteiger partial charge < -0.3 is 34.3 Å². The molecule has 0 aromatic carbocycles. The number of likely N-dealkylation sites (tertiary alicyclic amines) is 1. The monoisotopic (exact) mass is 823 g/mol. The first-order valence-corrected chi connectivity index (χ1v) is 22.5. The Morgan fingerprint density at radius 3 is 1.28 bits per heavy atom. The average molecular weight is 823 g/mol. The molecule has 0 spiro atoms. The first-order chi connectivity index (χ1) is 26.8. The molecule has 0 N–H and O–H groups in total. The number of amides is 3. The highest BCUT2D eigenvalue weighted by atomic mass is 16.2. The van der Waals surface area contributed by atoms with E-state index in [0.29, 0.717) is 37.3 Å². The van der Waals surface area contributed by atoms with Crippen molar-refractivity contribution in [2.24, 2.45) is 17.8 Å². The zero-order valence-corrected chi connectivity index (χ0v) is 42.0. The van der Waals surface area contributed by atoms with Crippen LogP contribution in [0, 0.1) is 30.1 Å². The Labute approximate surface area is 361 Å². The van der Waals surface area contributed by atoms with Crippen molar-refractivity contribution in [1.29, 1.82) is 0 Å². The second-order valence-corrected chi connectivity index (χ2v) is 18.4. The van der Waals surface area contributed by atoms with Gasteiger partial charge in [0.1, 0.15) is 0 Å². The molecule has 58 heavy (non-hydrogen) atoms. The molecule has 0 aromatic heterocycles. The normalized spacial score (nSPS) is 16.9. The van der Waals surface area contributed by atoms with Gasteiger partial charge in [0.15, 0.2) is 0 Å². The Bertz CT molecular complexity index is 1030. The number of hydrogen-bond acceptors (Lipinski definition) is 8. The molecule has 0 saturated carbocycles. The van der Waals surface area contributed by atoms with Crippen molar-refractivity contribution >= 4 is 17.7 Å². The number of carbonyl (C=O) groups is 3. The van der Waals surface area contributed by atoms with Crippen LogP contribution in [0.1, 0.15) is 122 Å². The van der Waals surface area contributed by atoms with Crippen LogP contribution < -0.4 is 0 Å². The molecule has 11 nitrogen and oxygen atoms in total. The number of piperidine rings is 1. The third-order valence-electron chi connectivity index (χ3n) is 11.4. The Hall–Kier alpha value is -2.23. The summed E-state index contributed by atoms with van der Waals surface area (Å²) in [5.74, 6) is 5.12. The third-order valence-corrected chi connectivity index (χ3v) is 11.4. The van der Waals surface area contributed by atoms with Crippen LogP contribution in [0.5, 0.6) is 0 Å². The predicted molar refractivity (Wildman–Crippen MR) is 251 cm³/mol. The zero-order chi connectivity index (χ0) is 45.7. The van der Waals surface area contributed by atoms with E-state index in [-0.39, 0.29) is 23.8 Å². The molecule has 0 radical (unpaired) electrons. The second kappa shape index (κ2) is 34.5. The van der Waals surface area contributed by atoms with Crippen molar-refractivity contribution in [3.05, 3.63) is 0 Å². The summed E-state index contributed by atoms with van der Waals surface area (Å²) in [7, 11) is 14.3. The first-order valence-electron chi connectivity index (χ1n) is 22.5. The molecule has 3 fully saturated rings. The molecule has 3 amide bonds. The molecule has 3 heterocycles. The lowest BCUT2D eigenvalue weighted by molar-refractivity contribution is -0.136. The van der Waals surface area contributed by atoms with Gasteiger partial charge in [-0.3, -0.25) is 19.3 Å². The van der Waals surface area contributed by atoms with Crippen molar-refractivity contribution in [2.45, 2.75) is 146 Å². The highest BCUT2D eigenvalue weighted by molar-refractivity contribution is 5.78. The van der Waals surface area contributed by atoms with Crippen LogP contribution in [0.2, 0.25) is 0 Å². The summed E-state index contributed by atoms with van der Waals surface area (Å²) < 4.78 is 0. The first kappa shape index (κ1) is 60.1. The van der Waals surface area contributed by atoms with E-state index in [2.05, 4.69) is 107 Å². The lowest BCUT2D eigenvalue weighted by Gasteiger charge is -2.34. The van der Waals surface area contributed by atoms with Crippen LogP contribution in [-0.4, -0.2) is 196 Å². The van der Waals surface area contributed by atoms with Crippen LogP contribution in [0.3, 0.4) is 0 Å². The molecule has 11 heteroatoms. The van der Waals surface area contributed by atoms with Gasteiger partial charge >= 0.3 is 0 Å². The van der Waals surface area contributed by atoms with Crippen molar-refractivity contribution in [3.8, 4) is 12.3 Å². The van der Waals surface area contributed by atoms with Gasteiger partial charge in [-0.2, -0.15) is 0 Å². The maximum Gasteiger partial charge on any atom is 0.225 e. The lowest BCUT2D eigenvalue weighted by atomic mass is 9.87. The van der Waals surface area contributed by atoms with Crippen LogP contribution in [0.25, 0.3) is 0 Å². The largest absolute Gasteiger partial charge is 0.343 e. The quantitative estimate of drug-likeness (QED) is 0.244. The summed E-state index contributed by atoms with van der Waals surface area (Å²) in [6.45, 7) is 38.7. The highest BCUT2D eigenvalue weighted by Crippen LogP contribution is 2.23. The fourth-order valence-electron chi connectivity index (χ4n) is 5.61. The van der Waals surface area contributed by atoms with E-state index in [1.807, 2.05) is 60.4 Å². The SMILES string of the molecule is C#CCCC(=O)N(C)C(C)C.CC(C)C(=O)N1CCN(C)CC1.CC(C)C1CCN(C)CC1.CC(C)N(C)C.CC(C)N1CCN(C)CC1.CCC(=O)N(C)C(C)C. The Balaban J connectivity index is -0.000000632. The molecular formula is C47H98N8O3. The van der Waals surface area contributed by atoms with Crippen LogP contribution in [0.15, 0.2) is 0 Å². The fourth-order valence-corrected chi connectivity index (χ4v) is 5.61. The van der Waals surface area contributed by atoms with Gasteiger partial charge in [-0.1, -0.05) is 34.6 Å². The molecule has 344 valence electrons. The van der Waals surface area contributed by atoms with E-state index in [1.165, 1.54) is 52.1 Å². The van der Waals surface area contributed by atoms with Crippen LogP contribution in [-0.2, 0) is 14.4 Å². The van der Waals surface area contributed by atoms with Crippen molar-refractivity contribution in [1.82, 2.24) is 39.2 Å². The second-order valence-electron chi connectivity index (χ2n) is 18.4. The van der Waals surface area contributed by atoms with Crippen LogP contribution in [0.4, 0.5) is 0 Å². The minimum atomic E-state index is 0.123. The molecule has 3 rings (SSSR count). The Kier molecular flexibility index (Phi) is 35.7. The smallest absolute Gasteiger partial charge is 0.225 e. The van der Waals surface area contributed by atoms with E-state index >= 15 is 0 Å².